The Hall–Kier alpha value is -1.75. The highest BCUT2D eigenvalue weighted by molar-refractivity contribution is 5.97. The zero-order chi connectivity index (χ0) is 13.9. The van der Waals surface area contributed by atoms with Gasteiger partial charge in [-0.15, -0.1) is 0 Å². The van der Waals surface area contributed by atoms with Gasteiger partial charge in [-0.3, -0.25) is 4.79 Å². The number of para-hydroxylation sites is 1. The largest absolute Gasteiger partial charge is 0.504 e. The Morgan fingerprint density at radius 2 is 2.21 bits per heavy atom. The lowest BCUT2D eigenvalue weighted by atomic mass is 10.0. The van der Waals surface area contributed by atoms with Crippen LogP contribution in [0, 0.1) is 5.41 Å². The van der Waals surface area contributed by atoms with Crippen molar-refractivity contribution in [3.8, 4) is 11.5 Å². The molecule has 0 saturated heterocycles. The summed E-state index contributed by atoms with van der Waals surface area (Å²) in [6, 6.07) is 4.81. The van der Waals surface area contributed by atoms with Gasteiger partial charge in [0.1, 0.15) is 0 Å². The molecule has 5 nitrogen and oxygen atoms in total. The molecule has 1 aromatic rings. The molecular formula is C14H19NO4. The topological polar surface area (TPSA) is 78.8 Å². The Balaban J connectivity index is 2.00. The summed E-state index contributed by atoms with van der Waals surface area (Å²) in [5.41, 5.74) is 0.262. The van der Waals surface area contributed by atoms with Crippen LogP contribution >= 0.6 is 0 Å². The number of aromatic hydroxyl groups is 1. The zero-order valence-electron chi connectivity index (χ0n) is 11.0. The summed E-state index contributed by atoms with van der Waals surface area (Å²) in [6.45, 7) is 0.670. The molecule has 0 unspecified atom stereocenters. The average molecular weight is 265 g/mol. The number of amides is 1. The summed E-state index contributed by atoms with van der Waals surface area (Å²) in [4.78, 5) is 12.0. The Bertz CT molecular complexity index is 469. The predicted molar refractivity (Wildman–Crippen MR) is 70.4 cm³/mol. The molecule has 1 aromatic carbocycles. The number of ether oxygens (including phenoxy) is 1. The molecule has 3 N–H and O–H groups in total. The first-order valence-electron chi connectivity index (χ1n) is 6.37. The third-order valence-electron chi connectivity index (χ3n) is 3.69. The number of carbonyl (C=O) groups is 1. The van der Waals surface area contributed by atoms with Gasteiger partial charge in [0.2, 0.25) is 0 Å². The molecule has 0 aliphatic heterocycles. The standard InChI is InChI=1S/C14H19NO4/c1-19-11-4-2-3-10(12(11)17)13(18)15-9-14(5-6-14)7-8-16/h2-4,16-17H,5-9H2,1H3,(H,15,18). The van der Waals surface area contributed by atoms with Crippen LogP contribution in [0.25, 0.3) is 0 Å². The van der Waals surface area contributed by atoms with Crippen LogP contribution in [0.3, 0.4) is 0 Å². The molecule has 0 spiro atoms. The van der Waals surface area contributed by atoms with Crippen LogP contribution in [0.5, 0.6) is 11.5 Å². The highest BCUT2D eigenvalue weighted by atomic mass is 16.5. The quantitative estimate of drug-likeness (QED) is 0.724. The highest BCUT2D eigenvalue weighted by Crippen LogP contribution is 2.48. The van der Waals surface area contributed by atoms with E-state index in [1.807, 2.05) is 0 Å². The lowest BCUT2D eigenvalue weighted by molar-refractivity contribution is 0.0937. The van der Waals surface area contributed by atoms with Gasteiger partial charge in [-0.1, -0.05) is 6.07 Å². The molecule has 0 heterocycles. The summed E-state index contributed by atoms with van der Waals surface area (Å²) in [5.74, 6) is -0.181. The minimum absolute atomic E-state index is 0.0545. The minimum Gasteiger partial charge on any atom is -0.504 e. The fourth-order valence-corrected chi connectivity index (χ4v) is 2.16. The van der Waals surface area contributed by atoms with Crippen molar-refractivity contribution in [2.24, 2.45) is 5.41 Å². The summed E-state index contributed by atoms with van der Waals surface area (Å²) >= 11 is 0. The summed E-state index contributed by atoms with van der Waals surface area (Å²) in [6.07, 6.45) is 2.76. The van der Waals surface area contributed by atoms with Crippen LogP contribution in [-0.2, 0) is 0 Å². The van der Waals surface area contributed by atoms with Gasteiger partial charge in [0, 0.05) is 13.2 Å². The maximum atomic E-state index is 12.0. The Morgan fingerprint density at radius 3 is 2.79 bits per heavy atom. The number of hydrogen-bond acceptors (Lipinski definition) is 4. The second-order valence-electron chi connectivity index (χ2n) is 5.01. The maximum absolute atomic E-state index is 12.0. The first-order chi connectivity index (χ1) is 9.12. The number of phenols is 1. The molecule has 0 radical (unpaired) electrons. The smallest absolute Gasteiger partial charge is 0.255 e. The van der Waals surface area contributed by atoms with E-state index in [0.717, 1.165) is 12.8 Å². The van der Waals surface area contributed by atoms with Crippen LogP contribution in [0.1, 0.15) is 29.6 Å². The van der Waals surface area contributed by atoms with Gasteiger partial charge in [-0.2, -0.15) is 0 Å². The van der Waals surface area contributed by atoms with Gasteiger partial charge in [0.15, 0.2) is 11.5 Å². The lowest BCUT2D eigenvalue weighted by Gasteiger charge is -2.15. The molecule has 0 aromatic heterocycles. The number of carbonyl (C=O) groups excluding carboxylic acids is 1. The predicted octanol–water partition coefficient (Wildman–Crippen LogP) is 1.29. The van der Waals surface area contributed by atoms with Crippen molar-refractivity contribution in [2.75, 3.05) is 20.3 Å². The lowest BCUT2D eigenvalue weighted by Crippen LogP contribution is -2.30. The van der Waals surface area contributed by atoms with E-state index in [0.29, 0.717) is 13.0 Å². The van der Waals surface area contributed by atoms with Crippen molar-refractivity contribution < 1.29 is 19.7 Å². The second kappa shape index (κ2) is 5.48. The third-order valence-corrected chi connectivity index (χ3v) is 3.69. The van der Waals surface area contributed by atoms with Crippen molar-refractivity contribution in [1.29, 1.82) is 0 Å². The number of phenolic OH excluding ortho intramolecular Hbond substituents is 1. The molecule has 1 fully saturated rings. The van der Waals surface area contributed by atoms with E-state index in [4.69, 9.17) is 9.84 Å². The minimum atomic E-state index is -0.319. The molecule has 1 amide bonds. The van der Waals surface area contributed by atoms with Gasteiger partial charge < -0.3 is 20.3 Å². The average Bonchev–Trinajstić information content (AvgIpc) is 3.17. The maximum Gasteiger partial charge on any atom is 0.255 e. The fraction of sp³-hybridized carbons (Fsp3) is 0.500. The van der Waals surface area contributed by atoms with E-state index in [2.05, 4.69) is 5.32 Å². The second-order valence-corrected chi connectivity index (χ2v) is 5.01. The highest BCUT2D eigenvalue weighted by Gasteiger charge is 2.42. The van der Waals surface area contributed by atoms with E-state index in [9.17, 15) is 9.90 Å². The Labute approximate surface area is 112 Å². The van der Waals surface area contributed by atoms with E-state index >= 15 is 0 Å². The number of nitrogens with one attached hydrogen (secondary N) is 1. The number of aliphatic hydroxyl groups is 1. The first-order valence-corrected chi connectivity index (χ1v) is 6.37. The van der Waals surface area contributed by atoms with Crippen LogP contribution in [-0.4, -0.2) is 36.4 Å². The van der Waals surface area contributed by atoms with Gasteiger partial charge in [0.05, 0.1) is 12.7 Å². The van der Waals surface area contributed by atoms with Crippen molar-refractivity contribution in [3.63, 3.8) is 0 Å². The van der Waals surface area contributed by atoms with Crippen LogP contribution in [0.2, 0.25) is 0 Å². The Kier molecular flexibility index (Phi) is 3.95. The normalized spacial score (nSPS) is 15.9. The summed E-state index contributed by atoms with van der Waals surface area (Å²) in [5, 5.41) is 21.7. The monoisotopic (exact) mass is 265 g/mol. The molecular weight excluding hydrogens is 246 g/mol. The Morgan fingerprint density at radius 1 is 1.47 bits per heavy atom. The first kappa shape index (κ1) is 13.7. The number of methoxy groups -OCH3 is 1. The molecule has 19 heavy (non-hydrogen) atoms. The molecule has 5 heteroatoms. The number of hydrogen-bond donors (Lipinski definition) is 3. The van der Waals surface area contributed by atoms with Crippen molar-refractivity contribution >= 4 is 5.91 Å². The number of aliphatic hydroxyl groups excluding tert-OH is 1. The molecule has 0 atom stereocenters. The number of benzene rings is 1. The van der Waals surface area contributed by atoms with Gasteiger partial charge in [0.25, 0.3) is 5.91 Å². The molecule has 1 aliphatic rings. The molecule has 104 valence electrons. The summed E-state index contributed by atoms with van der Waals surface area (Å²) in [7, 11) is 1.44. The van der Waals surface area contributed by atoms with Crippen molar-refractivity contribution in [3.05, 3.63) is 23.8 Å². The fourth-order valence-electron chi connectivity index (χ4n) is 2.16. The van der Waals surface area contributed by atoms with Crippen molar-refractivity contribution in [1.82, 2.24) is 5.32 Å². The SMILES string of the molecule is COc1cccc(C(=O)NCC2(CCO)CC2)c1O. The van der Waals surface area contributed by atoms with E-state index in [1.54, 1.807) is 18.2 Å². The molecule has 0 bridgehead atoms. The van der Waals surface area contributed by atoms with E-state index in [-0.39, 0.29) is 35.0 Å². The van der Waals surface area contributed by atoms with E-state index < -0.39 is 0 Å². The van der Waals surface area contributed by atoms with Crippen LogP contribution in [0.4, 0.5) is 0 Å². The van der Waals surface area contributed by atoms with Gasteiger partial charge >= 0.3 is 0 Å². The zero-order valence-corrected chi connectivity index (χ0v) is 11.0. The van der Waals surface area contributed by atoms with Gasteiger partial charge in [-0.25, -0.2) is 0 Å². The van der Waals surface area contributed by atoms with Crippen molar-refractivity contribution in [2.45, 2.75) is 19.3 Å². The molecule has 1 aliphatic carbocycles. The molecule has 2 rings (SSSR count). The molecule has 1 saturated carbocycles. The van der Waals surface area contributed by atoms with E-state index in [1.165, 1.54) is 7.11 Å². The third kappa shape index (κ3) is 2.98. The van der Waals surface area contributed by atoms with Crippen LogP contribution in [0.15, 0.2) is 18.2 Å². The van der Waals surface area contributed by atoms with Crippen LogP contribution < -0.4 is 10.1 Å². The number of rotatable bonds is 6. The summed E-state index contributed by atoms with van der Waals surface area (Å²) < 4.78 is 4.97. The van der Waals surface area contributed by atoms with Gasteiger partial charge in [-0.05, 0) is 36.8 Å².